The van der Waals surface area contributed by atoms with Gasteiger partial charge in [-0.25, -0.2) is 0 Å². The number of hydrogen-bond acceptors (Lipinski definition) is 2. The minimum absolute atomic E-state index is 0.211. The molecule has 18 heavy (non-hydrogen) atoms. The predicted molar refractivity (Wildman–Crippen MR) is 71.4 cm³/mol. The van der Waals surface area contributed by atoms with Gasteiger partial charge in [0.25, 0.3) is 0 Å². The van der Waals surface area contributed by atoms with Gasteiger partial charge in [0.1, 0.15) is 0 Å². The second kappa shape index (κ2) is 5.02. The number of benzene rings is 1. The van der Waals surface area contributed by atoms with Crippen LogP contribution >= 0.6 is 0 Å². The van der Waals surface area contributed by atoms with E-state index in [1.165, 1.54) is 24.8 Å². The molecule has 0 amide bonds. The Morgan fingerprint density at radius 2 is 1.78 bits per heavy atom. The number of rotatable bonds is 2. The number of hydrogen-bond donors (Lipinski definition) is 0. The van der Waals surface area contributed by atoms with Crippen LogP contribution in [0.2, 0.25) is 0 Å². The van der Waals surface area contributed by atoms with Crippen molar-refractivity contribution >= 4 is 0 Å². The van der Waals surface area contributed by atoms with E-state index < -0.39 is 0 Å². The van der Waals surface area contributed by atoms with E-state index in [2.05, 4.69) is 37.3 Å². The van der Waals surface area contributed by atoms with Crippen LogP contribution in [-0.4, -0.2) is 18.0 Å². The minimum Gasteiger partial charge on any atom is -0.344 e. The zero-order valence-electron chi connectivity index (χ0n) is 11.1. The molecular weight excluding hydrogens is 224 g/mol. The van der Waals surface area contributed by atoms with Gasteiger partial charge in [-0.3, -0.25) is 0 Å². The fraction of sp³-hybridized carbons (Fsp3) is 0.625. The molecule has 0 radical (unpaired) electrons. The lowest BCUT2D eigenvalue weighted by Gasteiger charge is -2.31. The molecule has 2 aliphatic rings. The van der Waals surface area contributed by atoms with Crippen LogP contribution in [0.5, 0.6) is 0 Å². The summed E-state index contributed by atoms with van der Waals surface area (Å²) in [6, 6.07) is 10.6. The van der Waals surface area contributed by atoms with E-state index in [9.17, 15) is 0 Å². The topological polar surface area (TPSA) is 18.5 Å². The molecule has 2 fully saturated rings. The van der Waals surface area contributed by atoms with Crippen molar-refractivity contribution in [1.29, 1.82) is 0 Å². The summed E-state index contributed by atoms with van der Waals surface area (Å²) >= 11 is 0. The molecule has 2 nitrogen and oxygen atoms in total. The summed E-state index contributed by atoms with van der Waals surface area (Å²) in [6.45, 7) is 2.15. The maximum Gasteiger partial charge on any atom is 0.169 e. The Morgan fingerprint density at radius 3 is 2.50 bits per heavy atom. The largest absolute Gasteiger partial charge is 0.344 e. The molecule has 1 spiro atoms. The van der Waals surface area contributed by atoms with Crippen LogP contribution in [0.4, 0.5) is 0 Å². The molecule has 1 aromatic carbocycles. The fourth-order valence-electron chi connectivity index (χ4n) is 3.19. The highest BCUT2D eigenvalue weighted by Gasteiger charge is 2.45. The van der Waals surface area contributed by atoms with Crippen LogP contribution in [0.15, 0.2) is 30.3 Å². The molecule has 3 rings (SSSR count). The van der Waals surface area contributed by atoms with Crippen molar-refractivity contribution in [3.8, 4) is 0 Å². The van der Waals surface area contributed by atoms with Gasteiger partial charge < -0.3 is 9.47 Å². The second-order valence-electron chi connectivity index (χ2n) is 5.64. The first-order valence-electron chi connectivity index (χ1n) is 7.17. The lowest BCUT2D eigenvalue weighted by Crippen LogP contribution is -2.33. The van der Waals surface area contributed by atoms with Crippen LogP contribution < -0.4 is 0 Å². The molecule has 0 N–H and O–H groups in total. The summed E-state index contributed by atoms with van der Waals surface area (Å²) < 4.78 is 12.4. The first-order valence-corrected chi connectivity index (χ1v) is 7.17. The maximum atomic E-state index is 6.28. The van der Waals surface area contributed by atoms with E-state index in [0.29, 0.717) is 0 Å². The molecule has 98 valence electrons. The molecule has 1 aliphatic heterocycles. The third-order valence-electron chi connectivity index (χ3n) is 4.19. The monoisotopic (exact) mass is 246 g/mol. The summed E-state index contributed by atoms with van der Waals surface area (Å²) in [4.78, 5) is 0. The Morgan fingerprint density at radius 1 is 1.06 bits per heavy atom. The molecule has 1 aromatic rings. The smallest absolute Gasteiger partial charge is 0.169 e. The van der Waals surface area contributed by atoms with Gasteiger partial charge in [0.15, 0.2) is 5.79 Å². The van der Waals surface area contributed by atoms with Crippen molar-refractivity contribution in [1.82, 2.24) is 0 Å². The highest BCUT2D eigenvalue weighted by atomic mass is 16.8. The normalized spacial score (nSPS) is 30.7. The third-order valence-corrected chi connectivity index (χ3v) is 4.19. The first-order chi connectivity index (χ1) is 8.77. The lowest BCUT2D eigenvalue weighted by molar-refractivity contribution is -0.192. The van der Waals surface area contributed by atoms with E-state index in [1.54, 1.807) is 0 Å². The highest BCUT2D eigenvalue weighted by Crippen LogP contribution is 2.41. The number of ether oxygens (including phenoxy) is 2. The zero-order chi connectivity index (χ0) is 12.4. The summed E-state index contributed by atoms with van der Waals surface area (Å²) in [5.41, 5.74) is 1.34. The summed E-state index contributed by atoms with van der Waals surface area (Å²) in [5.74, 6) is -0.253. The van der Waals surface area contributed by atoms with Crippen LogP contribution in [0.25, 0.3) is 0 Å². The molecule has 1 aliphatic carbocycles. The van der Waals surface area contributed by atoms with Gasteiger partial charge in [-0.2, -0.15) is 0 Å². The van der Waals surface area contributed by atoms with Crippen LogP contribution in [-0.2, 0) is 15.9 Å². The average molecular weight is 246 g/mol. The summed E-state index contributed by atoms with van der Waals surface area (Å²) in [7, 11) is 0. The van der Waals surface area contributed by atoms with Gasteiger partial charge >= 0.3 is 0 Å². The van der Waals surface area contributed by atoms with E-state index in [4.69, 9.17) is 9.47 Å². The minimum atomic E-state index is -0.253. The molecule has 1 heterocycles. The van der Waals surface area contributed by atoms with Crippen molar-refractivity contribution < 1.29 is 9.47 Å². The molecular formula is C16H22O2. The van der Waals surface area contributed by atoms with Crippen molar-refractivity contribution in [2.45, 2.75) is 63.4 Å². The van der Waals surface area contributed by atoms with Crippen LogP contribution in [0.3, 0.4) is 0 Å². The third kappa shape index (κ3) is 2.45. The average Bonchev–Trinajstić information content (AvgIpc) is 2.68. The zero-order valence-corrected chi connectivity index (χ0v) is 11.1. The first kappa shape index (κ1) is 12.2. The Bertz CT molecular complexity index is 381. The summed E-state index contributed by atoms with van der Waals surface area (Å²) in [5, 5.41) is 0. The van der Waals surface area contributed by atoms with Crippen LogP contribution in [0, 0.1) is 0 Å². The van der Waals surface area contributed by atoms with Gasteiger partial charge in [-0.15, -0.1) is 0 Å². The van der Waals surface area contributed by atoms with Crippen molar-refractivity contribution in [3.63, 3.8) is 0 Å². The quantitative estimate of drug-likeness (QED) is 0.792. The molecule has 2 heteroatoms. The molecule has 0 aromatic heterocycles. The van der Waals surface area contributed by atoms with Gasteiger partial charge in [-0.05, 0) is 25.3 Å². The SMILES string of the molecule is C[C@H]1OC2(CCCCC2)O[C@H]1Cc1ccccc1. The fourth-order valence-corrected chi connectivity index (χ4v) is 3.19. The van der Waals surface area contributed by atoms with E-state index in [1.807, 2.05) is 0 Å². The Kier molecular flexibility index (Phi) is 3.40. The van der Waals surface area contributed by atoms with Crippen molar-refractivity contribution in [3.05, 3.63) is 35.9 Å². The van der Waals surface area contributed by atoms with Crippen LogP contribution in [0.1, 0.15) is 44.6 Å². The van der Waals surface area contributed by atoms with Gasteiger partial charge in [-0.1, -0.05) is 36.8 Å². The molecule has 0 unspecified atom stereocenters. The van der Waals surface area contributed by atoms with Gasteiger partial charge in [0.2, 0.25) is 0 Å². The Balaban J connectivity index is 1.67. The Labute approximate surface area is 109 Å². The maximum absolute atomic E-state index is 6.28. The van der Waals surface area contributed by atoms with E-state index in [-0.39, 0.29) is 18.0 Å². The molecule has 1 saturated carbocycles. The molecule has 1 saturated heterocycles. The molecule has 0 bridgehead atoms. The second-order valence-corrected chi connectivity index (χ2v) is 5.64. The van der Waals surface area contributed by atoms with E-state index >= 15 is 0 Å². The van der Waals surface area contributed by atoms with Gasteiger partial charge in [0.05, 0.1) is 12.2 Å². The van der Waals surface area contributed by atoms with Gasteiger partial charge in [0, 0.05) is 19.3 Å². The van der Waals surface area contributed by atoms with Crippen molar-refractivity contribution in [2.75, 3.05) is 0 Å². The van der Waals surface area contributed by atoms with Crippen molar-refractivity contribution in [2.24, 2.45) is 0 Å². The van der Waals surface area contributed by atoms with E-state index in [0.717, 1.165) is 19.3 Å². The molecule has 2 atom stereocenters. The highest BCUT2D eigenvalue weighted by molar-refractivity contribution is 5.16. The predicted octanol–water partition coefficient (Wildman–Crippen LogP) is 3.69. The lowest BCUT2D eigenvalue weighted by atomic mass is 9.94. The standard InChI is InChI=1S/C16H22O2/c1-13-15(12-14-8-4-2-5-9-14)18-16(17-13)10-6-3-7-11-16/h2,4-5,8-9,13,15H,3,6-7,10-12H2,1H3/t13-,15+/m1/s1. The Hall–Kier alpha value is -0.860. The summed E-state index contributed by atoms with van der Waals surface area (Å²) in [6.07, 6.45) is 7.34.